The number of rotatable bonds is 3. The molecule has 0 radical (unpaired) electrons. The van der Waals surface area contributed by atoms with E-state index in [9.17, 15) is 14.7 Å². The number of amides is 2. The van der Waals surface area contributed by atoms with Crippen LogP contribution in [0.2, 0.25) is 0 Å². The van der Waals surface area contributed by atoms with Crippen LogP contribution in [-0.4, -0.2) is 29.1 Å². The molecule has 1 aromatic rings. The third-order valence-corrected chi connectivity index (χ3v) is 3.61. The van der Waals surface area contributed by atoms with E-state index in [-0.39, 0.29) is 12.1 Å². The van der Waals surface area contributed by atoms with E-state index in [1.165, 1.54) is 0 Å². The molecule has 0 aromatic heterocycles. The lowest BCUT2D eigenvalue weighted by Gasteiger charge is -2.22. The molecule has 6 heteroatoms. The number of nitrogens with zero attached hydrogens (tertiary/aromatic N) is 1. The third kappa shape index (κ3) is 3.80. The minimum atomic E-state index is -0.902. The van der Waals surface area contributed by atoms with Crippen molar-refractivity contribution in [2.45, 2.75) is 31.3 Å². The van der Waals surface area contributed by atoms with Crippen LogP contribution in [0.5, 0.6) is 0 Å². The van der Waals surface area contributed by atoms with Crippen LogP contribution in [-0.2, 0) is 9.59 Å². The van der Waals surface area contributed by atoms with Gasteiger partial charge in [0, 0.05) is 6.54 Å². The summed E-state index contributed by atoms with van der Waals surface area (Å²) in [7, 11) is 0. The predicted octanol–water partition coefficient (Wildman–Crippen LogP) is 0.918. The summed E-state index contributed by atoms with van der Waals surface area (Å²) >= 11 is 0. The van der Waals surface area contributed by atoms with Crippen LogP contribution < -0.4 is 10.6 Å². The number of benzene rings is 1. The molecule has 21 heavy (non-hydrogen) atoms. The molecule has 0 aliphatic heterocycles. The van der Waals surface area contributed by atoms with Crippen molar-refractivity contribution in [3.63, 3.8) is 0 Å². The molecule has 2 amide bonds. The number of para-hydroxylation sites is 1. The molecule has 1 fully saturated rings. The molecule has 0 unspecified atom stereocenters. The first-order valence-corrected chi connectivity index (χ1v) is 6.85. The second-order valence-corrected chi connectivity index (χ2v) is 5.23. The second-order valence-electron chi connectivity index (χ2n) is 5.23. The summed E-state index contributed by atoms with van der Waals surface area (Å²) in [5, 5.41) is 23.9. The summed E-state index contributed by atoms with van der Waals surface area (Å²) in [6.45, 7) is 0.0686. The minimum Gasteiger partial charge on any atom is -0.388 e. The van der Waals surface area contributed by atoms with E-state index in [4.69, 9.17) is 5.26 Å². The number of hydrogen-bond acceptors (Lipinski definition) is 4. The van der Waals surface area contributed by atoms with E-state index in [0.29, 0.717) is 18.5 Å². The minimum absolute atomic E-state index is 0.0686. The van der Waals surface area contributed by atoms with Gasteiger partial charge < -0.3 is 15.7 Å². The van der Waals surface area contributed by atoms with Crippen LogP contribution in [0.25, 0.3) is 0 Å². The van der Waals surface area contributed by atoms with Crippen LogP contribution in [0.1, 0.15) is 31.2 Å². The number of aliphatic hydroxyl groups is 1. The Morgan fingerprint density at radius 1 is 1.24 bits per heavy atom. The summed E-state index contributed by atoms with van der Waals surface area (Å²) in [6, 6.07) is 8.37. The van der Waals surface area contributed by atoms with E-state index in [1.54, 1.807) is 24.3 Å². The molecule has 0 heterocycles. The van der Waals surface area contributed by atoms with Gasteiger partial charge in [-0.25, -0.2) is 0 Å². The average Bonchev–Trinajstić information content (AvgIpc) is 2.92. The Morgan fingerprint density at radius 2 is 1.90 bits per heavy atom. The van der Waals surface area contributed by atoms with Gasteiger partial charge in [-0.15, -0.1) is 0 Å². The summed E-state index contributed by atoms with van der Waals surface area (Å²) < 4.78 is 0. The SMILES string of the molecule is N#Cc1ccccc1NC(=O)C(=O)NCC1(O)CCCC1. The number of carbonyl (C=O) groups excluding carboxylic acids is 2. The first-order chi connectivity index (χ1) is 10.0. The van der Waals surface area contributed by atoms with Crippen LogP contribution in [0.3, 0.4) is 0 Å². The number of nitriles is 1. The van der Waals surface area contributed by atoms with Crippen molar-refractivity contribution in [1.82, 2.24) is 5.32 Å². The molecule has 1 aromatic carbocycles. The highest BCUT2D eigenvalue weighted by molar-refractivity contribution is 6.39. The number of carbonyl (C=O) groups is 2. The van der Waals surface area contributed by atoms with Crippen molar-refractivity contribution in [2.75, 3.05) is 11.9 Å². The largest absolute Gasteiger partial charge is 0.388 e. The highest BCUT2D eigenvalue weighted by Crippen LogP contribution is 2.28. The van der Waals surface area contributed by atoms with Crippen molar-refractivity contribution in [3.05, 3.63) is 29.8 Å². The summed E-state index contributed by atoms with van der Waals surface area (Å²) in [5.74, 6) is -1.66. The van der Waals surface area contributed by atoms with E-state index in [2.05, 4.69) is 10.6 Å². The number of hydrogen-bond donors (Lipinski definition) is 3. The first-order valence-electron chi connectivity index (χ1n) is 6.85. The van der Waals surface area contributed by atoms with Gasteiger partial charge in [0.25, 0.3) is 0 Å². The lowest BCUT2D eigenvalue weighted by Crippen LogP contribution is -2.44. The van der Waals surface area contributed by atoms with Crippen molar-refractivity contribution in [2.24, 2.45) is 0 Å². The number of anilines is 1. The highest BCUT2D eigenvalue weighted by atomic mass is 16.3. The molecular weight excluding hydrogens is 270 g/mol. The molecule has 0 saturated heterocycles. The maximum Gasteiger partial charge on any atom is 0.313 e. The summed E-state index contributed by atoms with van der Waals surface area (Å²) in [5.41, 5.74) is -0.326. The Hall–Kier alpha value is -2.39. The molecule has 0 spiro atoms. The maximum absolute atomic E-state index is 11.8. The normalized spacial score (nSPS) is 16.0. The van der Waals surface area contributed by atoms with Gasteiger partial charge in [0.05, 0.1) is 16.9 Å². The van der Waals surface area contributed by atoms with Gasteiger partial charge in [-0.05, 0) is 25.0 Å². The molecule has 0 bridgehead atoms. The molecule has 1 saturated carbocycles. The van der Waals surface area contributed by atoms with Gasteiger partial charge in [-0.1, -0.05) is 25.0 Å². The van der Waals surface area contributed by atoms with Gasteiger partial charge >= 0.3 is 11.8 Å². The van der Waals surface area contributed by atoms with E-state index in [1.807, 2.05) is 6.07 Å². The zero-order valence-electron chi connectivity index (χ0n) is 11.6. The van der Waals surface area contributed by atoms with E-state index in [0.717, 1.165) is 12.8 Å². The molecule has 6 nitrogen and oxygen atoms in total. The molecule has 110 valence electrons. The van der Waals surface area contributed by atoms with Gasteiger partial charge in [0.1, 0.15) is 6.07 Å². The van der Waals surface area contributed by atoms with Gasteiger partial charge in [0.2, 0.25) is 0 Å². The standard InChI is InChI=1S/C15H17N3O3/c16-9-11-5-1-2-6-12(11)18-14(20)13(19)17-10-15(21)7-3-4-8-15/h1-2,5-6,21H,3-4,7-8,10H2,(H,17,19)(H,18,20). The Kier molecular flexibility index (Phi) is 4.55. The zero-order valence-corrected chi connectivity index (χ0v) is 11.6. The molecule has 1 aliphatic rings. The van der Waals surface area contributed by atoms with Gasteiger partial charge in [0.15, 0.2) is 0 Å². The van der Waals surface area contributed by atoms with Crippen LogP contribution in [0, 0.1) is 11.3 Å². The Bertz CT molecular complexity index is 586. The van der Waals surface area contributed by atoms with Crippen molar-refractivity contribution in [1.29, 1.82) is 5.26 Å². The molecule has 0 atom stereocenters. The lowest BCUT2D eigenvalue weighted by atomic mass is 10.0. The molecule has 1 aliphatic carbocycles. The zero-order chi connectivity index (χ0) is 15.3. The fraction of sp³-hybridized carbons (Fsp3) is 0.400. The Morgan fingerprint density at radius 3 is 2.57 bits per heavy atom. The monoisotopic (exact) mass is 287 g/mol. The highest BCUT2D eigenvalue weighted by Gasteiger charge is 2.32. The van der Waals surface area contributed by atoms with Crippen LogP contribution >= 0.6 is 0 Å². The lowest BCUT2D eigenvalue weighted by molar-refractivity contribution is -0.136. The fourth-order valence-corrected chi connectivity index (χ4v) is 2.40. The molecular formula is C15H17N3O3. The second kappa shape index (κ2) is 6.37. The topological polar surface area (TPSA) is 102 Å². The quantitative estimate of drug-likeness (QED) is 0.719. The molecule has 3 N–H and O–H groups in total. The summed E-state index contributed by atoms with van der Waals surface area (Å²) in [6.07, 6.45) is 3.11. The average molecular weight is 287 g/mol. The van der Waals surface area contributed by atoms with Crippen molar-refractivity contribution < 1.29 is 14.7 Å². The van der Waals surface area contributed by atoms with Crippen molar-refractivity contribution >= 4 is 17.5 Å². The van der Waals surface area contributed by atoms with Gasteiger partial charge in [-0.3, -0.25) is 9.59 Å². The van der Waals surface area contributed by atoms with Crippen LogP contribution in [0.15, 0.2) is 24.3 Å². The van der Waals surface area contributed by atoms with Crippen LogP contribution in [0.4, 0.5) is 5.69 Å². The fourth-order valence-electron chi connectivity index (χ4n) is 2.40. The van der Waals surface area contributed by atoms with E-state index >= 15 is 0 Å². The summed E-state index contributed by atoms with van der Waals surface area (Å²) in [4.78, 5) is 23.5. The Balaban J connectivity index is 1.91. The Labute approximate surface area is 122 Å². The first kappa shape index (κ1) is 15.0. The van der Waals surface area contributed by atoms with Gasteiger partial charge in [-0.2, -0.15) is 5.26 Å². The third-order valence-electron chi connectivity index (χ3n) is 3.61. The maximum atomic E-state index is 11.8. The smallest absolute Gasteiger partial charge is 0.313 e. The predicted molar refractivity (Wildman–Crippen MR) is 76.2 cm³/mol. The number of nitrogens with one attached hydrogen (secondary N) is 2. The molecule has 2 rings (SSSR count). The van der Waals surface area contributed by atoms with E-state index < -0.39 is 17.4 Å². The van der Waals surface area contributed by atoms with Crippen molar-refractivity contribution in [3.8, 4) is 6.07 Å².